The van der Waals surface area contributed by atoms with Crippen LogP contribution in [0.5, 0.6) is 11.5 Å². The first-order valence-electron chi connectivity index (χ1n) is 18.0. The van der Waals surface area contributed by atoms with Gasteiger partial charge in [0.05, 0.1) is 32.0 Å². The Morgan fingerprint density at radius 2 is 1.72 bits per heavy atom. The van der Waals surface area contributed by atoms with Gasteiger partial charge in [0.1, 0.15) is 41.3 Å². The predicted octanol–water partition coefficient (Wildman–Crippen LogP) is 6.52. The molecule has 2 aromatic carbocycles. The van der Waals surface area contributed by atoms with E-state index in [2.05, 4.69) is 23.8 Å². The van der Waals surface area contributed by atoms with Crippen LogP contribution in [0.15, 0.2) is 79.9 Å². The standard InChI is InChI=1S/C41H52N4O8/c1-8-10-11-12-16-20-31(44-40(49)53-41(3,4)5)38(47)45-26-29(24-35(45)37(46)43-32(17-9-2)39(48)51-7)52-36-25-33(27-18-14-13-15-19-27)42-34-23-28(50-6)21-22-30(34)36/h8-9,13-15,18-19,21-23,25,29,31-32,35H,1-2,10-12,16-17,20,24,26H2,3-7H3,(H,43,46)(H,44,49)/t29-,31+,32-,35+/m1/s1. The molecule has 284 valence electrons. The first-order chi connectivity index (χ1) is 25.4. The quantitative estimate of drug-likeness (QED) is 0.0901. The van der Waals surface area contributed by atoms with E-state index in [1.54, 1.807) is 27.9 Å². The van der Waals surface area contributed by atoms with Crippen molar-refractivity contribution in [2.75, 3.05) is 20.8 Å². The van der Waals surface area contributed by atoms with Crippen LogP contribution in [0.2, 0.25) is 0 Å². The highest BCUT2D eigenvalue weighted by Crippen LogP contribution is 2.35. The summed E-state index contributed by atoms with van der Waals surface area (Å²) in [5, 5.41) is 6.23. The van der Waals surface area contributed by atoms with E-state index in [1.165, 1.54) is 18.1 Å². The smallest absolute Gasteiger partial charge is 0.408 e. The van der Waals surface area contributed by atoms with Crippen molar-refractivity contribution in [3.05, 3.63) is 79.9 Å². The molecule has 0 bridgehead atoms. The second kappa shape index (κ2) is 18.9. The summed E-state index contributed by atoms with van der Waals surface area (Å²) < 4.78 is 22.6. The fraction of sp³-hybridized carbons (Fsp3) is 0.439. The van der Waals surface area contributed by atoms with Crippen LogP contribution in [0, 0.1) is 0 Å². The zero-order valence-electron chi connectivity index (χ0n) is 31.4. The fourth-order valence-electron chi connectivity index (χ4n) is 6.22. The number of nitrogens with one attached hydrogen (secondary N) is 2. The molecular formula is C41H52N4O8. The van der Waals surface area contributed by atoms with Crippen LogP contribution in [0.1, 0.15) is 65.7 Å². The molecule has 0 unspecified atom stereocenters. The Bertz CT molecular complexity index is 1760. The van der Waals surface area contributed by atoms with E-state index in [4.69, 9.17) is 23.9 Å². The number of unbranched alkanes of at least 4 members (excludes halogenated alkanes) is 3. The number of benzene rings is 2. The Hall–Kier alpha value is -5.39. The third-order valence-corrected chi connectivity index (χ3v) is 8.79. The number of hydrogen-bond acceptors (Lipinski definition) is 9. The number of rotatable bonds is 17. The number of fused-ring (bicyclic) bond motifs is 1. The van der Waals surface area contributed by atoms with E-state index < -0.39 is 53.7 Å². The van der Waals surface area contributed by atoms with Crippen LogP contribution >= 0.6 is 0 Å². The molecule has 2 N–H and O–H groups in total. The van der Waals surface area contributed by atoms with Crippen LogP contribution in [-0.4, -0.2) is 84.4 Å². The Kier molecular flexibility index (Phi) is 14.4. The minimum atomic E-state index is -1.03. The number of pyridine rings is 1. The van der Waals surface area contributed by atoms with E-state index in [0.717, 1.165) is 30.2 Å². The monoisotopic (exact) mass is 728 g/mol. The summed E-state index contributed by atoms with van der Waals surface area (Å²) in [6.07, 6.45) is 5.70. The van der Waals surface area contributed by atoms with Crippen LogP contribution in [0.3, 0.4) is 0 Å². The Labute approximate surface area is 311 Å². The van der Waals surface area contributed by atoms with Gasteiger partial charge in [-0.15, -0.1) is 13.2 Å². The second-order valence-electron chi connectivity index (χ2n) is 14.0. The third-order valence-electron chi connectivity index (χ3n) is 8.79. The number of carbonyl (C=O) groups is 4. The van der Waals surface area contributed by atoms with Gasteiger partial charge >= 0.3 is 12.1 Å². The van der Waals surface area contributed by atoms with Crippen molar-refractivity contribution < 1.29 is 38.1 Å². The summed E-state index contributed by atoms with van der Waals surface area (Å²) in [4.78, 5) is 60.3. The van der Waals surface area contributed by atoms with Crippen molar-refractivity contribution in [3.8, 4) is 22.8 Å². The van der Waals surface area contributed by atoms with Gasteiger partial charge in [-0.05, 0) is 58.6 Å². The molecule has 1 aromatic heterocycles. The molecule has 4 atom stereocenters. The van der Waals surface area contributed by atoms with Crippen molar-refractivity contribution in [3.63, 3.8) is 0 Å². The summed E-state index contributed by atoms with van der Waals surface area (Å²) in [5.74, 6) is -0.516. The third kappa shape index (κ3) is 11.3. The van der Waals surface area contributed by atoms with Crippen molar-refractivity contribution in [1.29, 1.82) is 0 Å². The summed E-state index contributed by atoms with van der Waals surface area (Å²) in [6, 6.07) is 14.0. The zero-order chi connectivity index (χ0) is 38.5. The molecule has 12 nitrogen and oxygen atoms in total. The first-order valence-corrected chi connectivity index (χ1v) is 18.0. The van der Waals surface area contributed by atoms with E-state index in [1.807, 2.05) is 60.7 Å². The molecule has 53 heavy (non-hydrogen) atoms. The number of allylic oxidation sites excluding steroid dienone is 1. The van der Waals surface area contributed by atoms with Gasteiger partial charge in [0.15, 0.2) is 0 Å². The van der Waals surface area contributed by atoms with Gasteiger partial charge in [0.2, 0.25) is 11.8 Å². The van der Waals surface area contributed by atoms with Crippen LogP contribution in [-0.2, 0) is 23.9 Å². The summed E-state index contributed by atoms with van der Waals surface area (Å²) in [7, 11) is 2.82. The molecule has 0 saturated carbocycles. The summed E-state index contributed by atoms with van der Waals surface area (Å²) in [5.41, 5.74) is 1.40. The van der Waals surface area contributed by atoms with Crippen molar-refractivity contribution >= 4 is 34.8 Å². The number of esters is 1. The molecule has 3 aromatic rings. The fourth-order valence-corrected chi connectivity index (χ4v) is 6.22. The molecule has 0 radical (unpaired) electrons. The normalized spacial score (nSPS) is 16.6. The summed E-state index contributed by atoms with van der Waals surface area (Å²) >= 11 is 0. The molecule has 1 aliphatic heterocycles. The average molecular weight is 729 g/mol. The number of alkyl carbamates (subject to hydrolysis) is 1. The van der Waals surface area contributed by atoms with Crippen LogP contribution < -0.4 is 20.1 Å². The van der Waals surface area contributed by atoms with Crippen molar-refractivity contribution in [1.82, 2.24) is 20.5 Å². The minimum Gasteiger partial charge on any atom is -0.497 e. The highest BCUT2D eigenvalue weighted by molar-refractivity contribution is 5.94. The topological polar surface area (TPSA) is 145 Å². The maximum Gasteiger partial charge on any atom is 0.408 e. The molecule has 0 aliphatic carbocycles. The van der Waals surface area contributed by atoms with Gasteiger partial charge in [-0.25, -0.2) is 14.6 Å². The SMILES string of the molecule is C=CCCCCC[C@H](NC(=O)OC(C)(C)C)C(=O)N1C[C@H](Oc2cc(-c3ccccc3)nc3cc(OC)ccc23)C[C@H]1C(=O)N[C@H](CC=C)C(=O)OC. The lowest BCUT2D eigenvalue weighted by Crippen LogP contribution is -2.55. The first kappa shape index (κ1) is 40.4. The largest absolute Gasteiger partial charge is 0.497 e. The van der Waals surface area contributed by atoms with E-state index in [9.17, 15) is 19.2 Å². The minimum absolute atomic E-state index is 0.0326. The number of ether oxygens (including phenoxy) is 4. The molecule has 4 rings (SSSR count). The number of hydrogen-bond donors (Lipinski definition) is 2. The number of aromatic nitrogens is 1. The van der Waals surface area contributed by atoms with Gasteiger partial charge in [0, 0.05) is 29.5 Å². The van der Waals surface area contributed by atoms with Gasteiger partial charge < -0.3 is 34.5 Å². The Morgan fingerprint density at radius 1 is 0.962 bits per heavy atom. The maximum absolute atomic E-state index is 14.5. The molecule has 12 heteroatoms. The average Bonchev–Trinajstić information content (AvgIpc) is 3.56. The maximum atomic E-state index is 14.5. The Balaban J connectivity index is 1.70. The van der Waals surface area contributed by atoms with Gasteiger partial charge in [-0.1, -0.05) is 55.3 Å². The molecule has 0 spiro atoms. The van der Waals surface area contributed by atoms with Crippen LogP contribution in [0.25, 0.3) is 22.2 Å². The van der Waals surface area contributed by atoms with Gasteiger partial charge in [-0.3, -0.25) is 9.59 Å². The highest BCUT2D eigenvalue weighted by atomic mass is 16.6. The van der Waals surface area contributed by atoms with E-state index >= 15 is 0 Å². The number of carbonyl (C=O) groups excluding carboxylic acids is 4. The van der Waals surface area contributed by atoms with Crippen molar-refractivity contribution in [2.45, 2.75) is 95.5 Å². The van der Waals surface area contributed by atoms with Gasteiger partial charge in [0.25, 0.3) is 0 Å². The number of nitrogens with zero attached hydrogens (tertiary/aromatic N) is 2. The van der Waals surface area contributed by atoms with E-state index in [-0.39, 0.29) is 19.4 Å². The lowest BCUT2D eigenvalue weighted by molar-refractivity contribution is -0.146. The zero-order valence-corrected chi connectivity index (χ0v) is 31.4. The molecular weight excluding hydrogens is 676 g/mol. The summed E-state index contributed by atoms with van der Waals surface area (Å²) in [6.45, 7) is 12.7. The van der Waals surface area contributed by atoms with Crippen LogP contribution in [0.4, 0.5) is 4.79 Å². The molecule has 1 aliphatic rings. The highest BCUT2D eigenvalue weighted by Gasteiger charge is 2.44. The lowest BCUT2D eigenvalue weighted by Gasteiger charge is -2.30. The molecule has 3 amide bonds. The molecule has 1 fully saturated rings. The van der Waals surface area contributed by atoms with E-state index in [0.29, 0.717) is 35.6 Å². The number of methoxy groups -OCH3 is 2. The lowest BCUT2D eigenvalue weighted by atomic mass is 10.0. The Morgan fingerprint density at radius 3 is 2.38 bits per heavy atom. The second-order valence-corrected chi connectivity index (χ2v) is 14.0. The number of amides is 3. The molecule has 1 saturated heterocycles. The molecule has 2 heterocycles. The van der Waals surface area contributed by atoms with Crippen molar-refractivity contribution in [2.24, 2.45) is 0 Å². The van der Waals surface area contributed by atoms with Gasteiger partial charge in [-0.2, -0.15) is 0 Å². The predicted molar refractivity (Wildman–Crippen MR) is 203 cm³/mol. The number of likely N-dealkylation sites (tertiary alicyclic amines) is 1.